The third-order valence-corrected chi connectivity index (χ3v) is 6.46. The average molecular weight is 841 g/mol. The van der Waals surface area contributed by atoms with E-state index < -0.39 is 83.6 Å². The van der Waals surface area contributed by atoms with Crippen LogP contribution in [0.1, 0.15) is 0 Å². The Kier molecular flexibility index (Phi) is 33.9. The SMILES string of the molecule is O=P([O-])([O-])OC1C(OP(=O)([O-])[O-])C(OP(=O)([O-])[O-])C(OP(=O)([O-])[O-])C(OP(=O)([O-])[O-])C1OP(=O)([O-])[O-].[Ca+2].[Ca+2].[Ca+2].[Mg+2].[Mg+2].[Mg+2]. The van der Waals surface area contributed by atoms with E-state index in [4.69, 9.17) is 0 Å². The van der Waals surface area contributed by atoms with Crippen LogP contribution >= 0.6 is 46.9 Å². The zero-order chi connectivity index (χ0) is 28.7. The summed E-state index contributed by atoms with van der Waals surface area (Å²) >= 11 is 0. The molecule has 1 aliphatic carbocycles. The molecule has 0 amide bonds. The topological polar surface area (TPSA) is 435 Å². The van der Waals surface area contributed by atoms with Gasteiger partial charge in [-0.2, -0.15) is 0 Å². The minimum absolute atomic E-state index is 0. The van der Waals surface area contributed by atoms with Crippen molar-refractivity contribution >= 4 is 229 Å². The molecule has 0 bridgehead atoms. The van der Waals surface area contributed by atoms with E-state index >= 15 is 0 Å². The van der Waals surface area contributed by atoms with E-state index in [-0.39, 0.29) is 182 Å². The third-order valence-electron chi connectivity index (χ3n) is 3.45. The van der Waals surface area contributed by atoms with Crippen LogP contribution in [-0.2, 0) is 54.5 Å². The Hall–Kier alpha value is 6.74. The summed E-state index contributed by atoms with van der Waals surface area (Å²) in [7, 11) is -40.1. The molecule has 0 N–H and O–H groups in total. The van der Waals surface area contributed by atoms with Gasteiger partial charge in [0, 0.05) is 0 Å². The van der Waals surface area contributed by atoms with E-state index in [9.17, 15) is 86.1 Å². The van der Waals surface area contributed by atoms with Crippen molar-refractivity contribution in [1.82, 2.24) is 0 Å². The molecule has 0 atom stereocenters. The maximum absolute atomic E-state index is 11.1. The van der Waals surface area contributed by atoms with Gasteiger partial charge in [0.1, 0.15) is 36.6 Å². The molecule has 1 aliphatic rings. The fourth-order valence-electron chi connectivity index (χ4n) is 2.74. The third kappa shape index (κ3) is 26.5. The molecule has 24 nitrogen and oxygen atoms in total. The summed E-state index contributed by atoms with van der Waals surface area (Å²) in [4.78, 5) is 133. The van der Waals surface area contributed by atoms with E-state index in [0.717, 1.165) is 0 Å². The van der Waals surface area contributed by atoms with Crippen LogP contribution in [0.25, 0.3) is 0 Å². The zero-order valence-electron chi connectivity index (χ0n) is 20.2. The fourth-order valence-corrected chi connectivity index (χ4v) is 5.96. The monoisotopic (exact) mass is 840 g/mol. The molecule has 1 rings (SSSR count). The van der Waals surface area contributed by atoms with Crippen molar-refractivity contribution in [3.63, 3.8) is 0 Å². The molecule has 0 aromatic carbocycles. The molecule has 1 saturated carbocycles. The predicted octanol–water partition coefficient (Wildman–Crippen LogP) is -13.0. The molecule has 0 aliphatic heterocycles. The van der Waals surface area contributed by atoms with Crippen molar-refractivity contribution in [3.05, 3.63) is 0 Å². The molecule has 42 heavy (non-hydrogen) atoms. The molecular formula is C6H6Ca3Mg3O24P6. The van der Waals surface area contributed by atoms with E-state index in [1.807, 2.05) is 0 Å². The Morgan fingerprint density at radius 1 is 0.286 bits per heavy atom. The van der Waals surface area contributed by atoms with Crippen molar-refractivity contribution in [3.8, 4) is 0 Å². The first-order valence-electron chi connectivity index (χ1n) is 7.80. The second-order valence-electron chi connectivity index (χ2n) is 6.10. The minimum Gasteiger partial charge on any atom is -0.790 e. The molecule has 0 radical (unpaired) electrons. The number of hydrogen-bond acceptors (Lipinski definition) is 24. The van der Waals surface area contributed by atoms with Gasteiger partial charge in [-0.05, 0) is 0 Å². The molecule has 0 aromatic heterocycles. The smallest absolute Gasteiger partial charge is 0.790 e. The van der Waals surface area contributed by atoms with Crippen molar-refractivity contribution < 1.29 is 113 Å². The van der Waals surface area contributed by atoms with Gasteiger partial charge in [-0.3, -0.25) is 0 Å². The van der Waals surface area contributed by atoms with Crippen molar-refractivity contribution in [2.24, 2.45) is 0 Å². The molecule has 216 valence electrons. The second kappa shape index (κ2) is 23.4. The summed E-state index contributed by atoms with van der Waals surface area (Å²) in [5.41, 5.74) is 0. The summed E-state index contributed by atoms with van der Waals surface area (Å²) in [6, 6.07) is 0. The molecule has 0 aromatic rings. The normalized spacial score (nSPS) is 25.1. The van der Waals surface area contributed by atoms with E-state index in [1.165, 1.54) is 0 Å². The maximum Gasteiger partial charge on any atom is 2.00 e. The van der Waals surface area contributed by atoms with Crippen LogP contribution in [0.2, 0.25) is 0 Å². The number of phosphoric ester groups is 6. The molecule has 0 unspecified atom stereocenters. The molecule has 0 saturated heterocycles. The quantitative estimate of drug-likeness (QED) is 0.130. The van der Waals surface area contributed by atoms with Gasteiger partial charge < -0.3 is 113 Å². The standard InChI is InChI=1S/C6H18O24P6.3Ca.3Mg/c7-31(8,9)25-1-2(26-32(10,11)12)4(28-34(16,17)18)6(30-36(22,23)24)5(29-35(19,20)21)3(1)27-33(13,14)15;;;;;;/h1-6H,(H2,7,8,9)(H2,10,11,12)(H2,13,14,15)(H2,16,17,18)(H2,19,20,21)(H2,22,23,24);;;;;;/q;6*+2/p-12. The van der Waals surface area contributed by atoms with Crippen LogP contribution in [0.3, 0.4) is 0 Å². The Labute approximate surface area is 372 Å². The van der Waals surface area contributed by atoms with Gasteiger partial charge in [0.15, 0.2) is 0 Å². The Morgan fingerprint density at radius 2 is 0.357 bits per heavy atom. The maximum atomic E-state index is 11.1. The van der Waals surface area contributed by atoms with Crippen LogP contribution in [0, 0.1) is 0 Å². The van der Waals surface area contributed by atoms with Crippen LogP contribution < -0.4 is 58.7 Å². The van der Waals surface area contributed by atoms with Gasteiger partial charge in [-0.1, -0.05) is 0 Å². The minimum atomic E-state index is -6.68. The van der Waals surface area contributed by atoms with Crippen molar-refractivity contribution in [2.45, 2.75) is 36.6 Å². The first kappa shape index (κ1) is 60.8. The summed E-state index contributed by atoms with van der Waals surface area (Å²) in [5, 5.41) is 0. The van der Waals surface area contributed by atoms with Crippen LogP contribution in [0.5, 0.6) is 0 Å². The van der Waals surface area contributed by atoms with E-state index in [2.05, 4.69) is 27.1 Å². The Morgan fingerprint density at radius 3 is 0.405 bits per heavy atom. The fraction of sp³-hybridized carbons (Fsp3) is 1.00. The van der Waals surface area contributed by atoms with Crippen LogP contribution in [-0.4, -0.2) is 219 Å². The molecule has 1 fully saturated rings. The van der Waals surface area contributed by atoms with E-state index in [0.29, 0.717) is 0 Å². The number of phosphoric acid groups is 6. The Bertz CT molecular complexity index is 849. The molecule has 36 heteroatoms. The number of rotatable bonds is 12. The molecule has 0 heterocycles. The summed E-state index contributed by atoms with van der Waals surface area (Å²) in [6.07, 6.45) is -21.5. The largest absolute Gasteiger partial charge is 2.00 e. The summed E-state index contributed by atoms with van der Waals surface area (Å²) in [6.45, 7) is 0. The Balaban J connectivity index is -0.000000540. The van der Waals surface area contributed by atoms with Gasteiger partial charge in [-0.25, -0.2) is 0 Å². The molecule has 0 spiro atoms. The van der Waals surface area contributed by atoms with Crippen molar-refractivity contribution in [2.75, 3.05) is 0 Å². The van der Waals surface area contributed by atoms with Gasteiger partial charge in [-0.15, -0.1) is 0 Å². The number of hydrogen-bond donors (Lipinski definition) is 0. The van der Waals surface area contributed by atoms with Gasteiger partial charge in [0.25, 0.3) is 0 Å². The first-order chi connectivity index (χ1) is 15.6. The zero-order valence-corrected chi connectivity index (χ0v) is 36.4. The van der Waals surface area contributed by atoms with Crippen LogP contribution in [0.15, 0.2) is 0 Å². The van der Waals surface area contributed by atoms with Gasteiger partial charge in [0.05, 0.1) is 46.9 Å². The second-order valence-corrected chi connectivity index (χ2v) is 12.7. The summed E-state index contributed by atoms with van der Waals surface area (Å²) in [5.74, 6) is 0. The van der Waals surface area contributed by atoms with Crippen molar-refractivity contribution in [1.29, 1.82) is 0 Å². The predicted molar refractivity (Wildman–Crippen MR) is 109 cm³/mol. The van der Waals surface area contributed by atoms with Crippen LogP contribution in [0.4, 0.5) is 0 Å². The van der Waals surface area contributed by atoms with Gasteiger partial charge >= 0.3 is 182 Å². The average Bonchev–Trinajstić information content (AvgIpc) is 2.51. The van der Waals surface area contributed by atoms with Gasteiger partial charge in [0.2, 0.25) is 0 Å². The summed E-state index contributed by atoms with van der Waals surface area (Å²) < 4.78 is 88.3. The first-order valence-corrected chi connectivity index (χ1v) is 16.6. The van der Waals surface area contributed by atoms with E-state index in [1.54, 1.807) is 0 Å². The molecular weight excluding hydrogens is 835 g/mol.